The number of carbonyl (C=O) groups excluding carboxylic acids is 1. The molecule has 0 saturated carbocycles. The maximum atomic E-state index is 13.0. The molecule has 1 unspecified atom stereocenters. The highest BCUT2D eigenvalue weighted by atomic mass is 19.1. The number of aromatic nitrogens is 4. The van der Waals surface area contributed by atoms with Crippen molar-refractivity contribution < 1.29 is 9.18 Å². The van der Waals surface area contributed by atoms with Crippen LogP contribution in [0.15, 0.2) is 24.3 Å². The number of nitrogens with zero attached hydrogens (tertiary/aromatic N) is 4. The van der Waals surface area contributed by atoms with E-state index in [1.807, 2.05) is 6.92 Å². The Kier molecular flexibility index (Phi) is 5.16. The zero-order valence-corrected chi connectivity index (χ0v) is 12.5. The van der Waals surface area contributed by atoms with Gasteiger partial charge in [-0.2, -0.15) is 0 Å². The lowest BCUT2D eigenvalue weighted by molar-refractivity contribution is -0.125. The molecule has 1 aromatic heterocycles. The Morgan fingerprint density at radius 2 is 2.09 bits per heavy atom. The lowest BCUT2D eigenvalue weighted by atomic mass is 10.0. The molecule has 1 amide bonds. The van der Waals surface area contributed by atoms with Crippen LogP contribution < -0.4 is 11.1 Å². The molecule has 118 valence electrons. The van der Waals surface area contributed by atoms with E-state index in [-0.39, 0.29) is 17.8 Å². The summed E-state index contributed by atoms with van der Waals surface area (Å²) in [6.07, 6.45) is 0.356. The van der Waals surface area contributed by atoms with E-state index in [1.54, 1.807) is 19.1 Å². The van der Waals surface area contributed by atoms with Gasteiger partial charge in [-0.3, -0.25) is 4.79 Å². The third-order valence-corrected chi connectivity index (χ3v) is 3.34. The van der Waals surface area contributed by atoms with Crippen molar-refractivity contribution in [3.63, 3.8) is 0 Å². The normalized spacial score (nSPS) is 13.6. The average Bonchev–Trinajstić information content (AvgIpc) is 2.92. The molecule has 7 nitrogen and oxygen atoms in total. The Balaban J connectivity index is 2.23. The molecule has 0 fully saturated rings. The van der Waals surface area contributed by atoms with E-state index >= 15 is 0 Å². The lowest BCUT2D eigenvalue weighted by Crippen LogP contribution is -2.43. The standard InChI is InChI=1S/C14H19FN6O/c1-9(8-16)17-14(22)13(21-10(2)18-19-20-21)7-11-3-5-12(15)6-4-11/h3-6,9,13H,7-8,16H2,1-2H3,(H,17,22)/t9-,13?/m0/s1. The van der Waals surface area contributed by atoms with Gasteiger partial charge in [0.1, 0.15) is 17.7 Å². The van der Waals surface area contributed by atoms with Crippen LogP contribution in [0.25, 0.3) is 0 Å². The first-order chi connectivity index (χ1) is 10.5. The molecule has 0 aliphatic heterocycles. The molecule has 0 aliphatic carbocycles. The fourth-order valence-corrected chi connectivity index (χ4v) is 2.06. The predicted molar refractivity (Wildman–Crippen MR) is 78.4 cm³/mol. The van der Waals surface area contributed by atoms with E-state index in [0.717, 1.165) is 5.56 Å². The summed E-state index contributed by atoms with van der Waals surface area (Å²) in [5, 5.41) is 14.1. The number of nitrogens with two attached hydrogens (primary N) is 1. The first kappa shape index (κ1) is 16.0. The fraction of sp³-hybridized carbons (Fsp3) is 0.429. The van der Waals surface area contributed by atoms with Crippen molar-refractivity contribution in [1.82, 2.24) is 25.5 Å². The van der Waals surface area contributed by atoms with Gasteiger partial charge in [0.15, 0.2) is 0 Å². The van der Waals surface area contributed by atoms with E-state index in [2.05, 4.69) is 20.8 Å². The van der Waals surface area contributed by atoms with E-state index in [9.17, 15) is 9.18 Å². The van der Waals surface area contributed by atoms with Gasteiger partial charge >= 0.3 is 0 Å². The molecule has 0 saturated heterocycles. The van der Waals surface area contributed by atoms with Gasteiger partial charge < -0.3 is 11.1 Å². The maximum Gasteiger partial charge on any atom is 0.245 e. The number of aryl methyl sites for hydroxylation is 1. The monoisotopic (exact) mass is 306 g/mol. The molecule has 1 aromatic carbocycles. The van der Waals surface area contributed by atoms with Gasteiger partial charge in [-0.15, -0.1) is 5.10 Å². The third-order valence-electron chi connectivity index (χ3n) is 3.34. The summed E-state index contributed by atoms with van der Waals surface area (Å²) in [5.74, 6) is -0.0135. The van der Waals surface area contributed by atoms with E-state index in [4.69, 9.17) is 5.73 Å². The predicted octanol–water partition coefficient (Wildman–Crippen LogP) is 0.368. The third kappa shape index (κ3) is 3.85. The van der Waals surface area contributed by atoms with E-state index in [0.29, 0.717) is 18.8 Å². The molecule has 2 rings (SSSR count). The average molecular weight is 306 g/mol. The van der Waals surface area contributed by atoms with Crippen LogP contribution in [0.1, 0.15) is 24.4 Å². The molecule has 22 heavy (non-hydrogen) atoms. The first-order valence-corrected chi connectivity index (χ1v) is 7.00. The molecular weight excluding hydrogens is 287 g/mol. The van der Waals surface area contributed by atoms with Gasteiger partial charge in [-0.25, -0.2) is 9.07 Å². The molecule has 8 heteroatoms. The summed E-state index contributed by atoms with van der Waals surface area (Å²) >= 11 is 0. The summed E-state index contributed by atoms with van der Waals surface area (Å²) in [6.45, 7) is 3.88. The Bertz CT molecular complexity index is 627. The van der Waals surface area contributed by atoms with Crippen LogP contribution in [-0.4, -0.2) is 38.7 Å². The quantitative estimate of drug-likeness (QED) is 0.803. The molecule has 0 radical (unpaired) electrons. The number of nitrogens with one attached hydrogen (secondary N) is 1. The topological polar surface area (TPSA) is 98.7 Å². The summed E-state index contributed by atoms with van der Waals surface area (Å²) in [4.78, 5) is 12.5. The largest absolute Gasteiger partial charge is 0.351 e. The number of hydrogen-bond acceptors (Lipinski definition) is 5. The molecular formula is C14H19FN6O. The highest BCUT2D eigenvalue weighted by Gasteiger charge is 2.25. The van der Waals surface area contributed by atoms with Crippen LogP contribution >= 0.6 is 0 Å². The number of hydrogen-bond donors (Lipinski definition) is 2. The summed E-state index contributed by atoms with van der Waals surface area (Å²) in [7, 11) is 0. The highest BCUT2D eigenvalue weighted by Crippen LogP contribution is 2.15. The molecule has 2 aromatic rings. The minimum Gasteiger partial charge on any atom is -0.351 e. The minimum absolute atomic E-state index is 0.153. The van der Waals surface area contributed by atoms with Crippen LogP contribution in [0.3, 0.4) is 0 Å². The van der Waals surface area contributed by atoms with Crippen LogP contribution in [0.5, 0.6) is 0 Å². The highest BCUT2D eigenvalue weighted by molar-refractivity contribution is 5.80. The number of amides is 1. The van der Waals surface area contributed by atoms with Crippen molar-refractivity contribution >= 4 is 5.91 Å². The number of benzene rings is 1. The van der Waals surface area contributed by atoms with Crippen molar-refractivity contribution in [1.29, 1.82) is 0 Å². The molecule has 3 N–H and O–H groups in total. The van der Waals surface area contributed by atoms with Crippen LogP contribution in [0.4, 0.5) is 4.39 Å². The second-order valence-electron chi connectivity index (χ2n) is 5.16. The maximum absolute atomic E-state index is 13.0. The van der Waals surface area contributed by atoms with Crippen LogP contribution in [0, 0.1) is 12.7 Å². The molecule has 0 aliphatic rings. The minimum atomic E-state index is -0.616. The SMILES string of the molecule is Cc1nnnn1C(Cc1ccc(F)cc1)C(=O)N[C@@H](C)CN. The van der Waals surface area contributed by atoms with Crippen molar-refractivity contribution in [3.8, 4) is 0 Å². The van der Waals surface area contributed by atoms with E-state index in [1.165, 1.54) is 16.8 Å². The number of halogens is 1. The van der Waals surface area contributed by atoms with Gasteiger partial charge in [0.05, 0.1) is 0 Å². The molecule has 0 spiro atoms. The number of carbonyl (C=O) groups is 1. The Morgan fingerprint density at radius 1 is 1.41 bits per heavy atom. The second kappa shape index (κ2) is 7.08. The van der Waals surface area contributed by atoms with Crippen molar-refractivity contribution in [2.75, 3.05) is 6.54 Å². The van der Waals surface area contributed by atoms with Gasteiger partial charge in [-0.1, -0.05) is 12.1 Å². The Morgan fingerprint density at radius 3 is 2.64 bits per heavy atom. The van der Waals surface area contributed by atoms with Gasteiger partial charge in [-0.05, 0) is 42.0 Å². The lowest BCUT2D eigenvalue weighted by Gasteiger charge is -2.20. The number of rotatable bonds is 6. The summed E-state index contributed by atoms with van der Waals surface area (Å²) in [6, 6.07) is 5.23. The Labute approximate surface area is 127 Å². The van der Waals surface area contributed by atoms with Crippen LogP contribution in [0.2, 0.25) is 0 Å². The summed E-state index contributed by atoms with van der Waals surface area (Å²) < 4.78 is 14.5. The Hall–Kier alpha value is -2.35. The van der Waals surface area contributed by atoms with Gasteiger partial charge in [0.25, 0.3) is 0 Å². The van der Waals surface area contributed by atoms with Crippen LogP contribution in [-0.2, 0) is 11.2 Å². The first-order valence-electron chi connectivity index (χ1n) is 7.00. The summed E-state index contributed by atoms with van der Waals surface area (Å²) in [5.41, 5.74) is 6.35. The fourth-order valence-electron chi connectivity index (χ4n) is 2.06. The van der Waals surface area contributed by atoms with Crippen molar-refractivity contribution in [2.24, 2.45) is 5.73 Å². The van der Waals surface area contributed by atoms with E-state index < -0.39 is 6.04 Å². The van der Waals surface area contributed by atoms with Gasteiger partial charge in [0.2, 0.25) is 5.91 Å². The van der Waals surface area contributed by atoms with Gasteiger partial charge in [0, 0.05) is 19.0 Å². The number of tetrazole rings is 1. The second-order valence-corrected chi connectivity index (χ2v) is 5.16. The van der Waals surface area contributed by atoms with Crippen molar-refractivity contribution in [3.05, 3.63) is 41.5 Å². The molecule has 1 heterocycles. The molecule has 0 bridgehead atoms. The van der Waals surface area contributed by atoms with Crippen molar-refractivity contribution in [2.45, 2.75) is 32.4 Å². The molecule has 2 atom stereocenters. The zero-order chi connectivity index (χ0) is 16.1. The zero-order valence-electron chi connectivity index (χ0n) is 12.5. The smallest absolute Gasteiger partial charge is 0.245 e.